The maximum Gasteiger partial charge on any atom is 0.341 e. The van der Waals surface area contributed by atoms with Crippen molar-refractivity contribution in [3.63, 3.8) is 0 Å². The molecule has 190 valence electrons. The van der Waals surface area contributed by atoms with Gasteiger partial charge >= 0.3 is 5.97 Å². The lowest BCUT2D eigenvalue weighted by Gasteiger charge is -2.31. The Morgan fingerprint density at radius 1 is 0.694 bits per heavy atom. The molecule has 0 saturated carbocycles. The smallest absolute Gasteiger partial charge is 0.341 e. The molecule has 1 heterocycles. The molecule has 3 aromatic rings. The van der Waals surface area contributed by atoms with Crippen molar-refractivity contribution in [3.05, 3.63) is 78.7 Å². The lowest BCUT2D eigenvalue weighted by molar-refractivity contribution is 0.0250. The number of cyclic esters (lactones) is 1. The highest BCUT2D eigenvalue weighted by Crippen LogP contribution is 2.56. The van der Waals surface area contributed by atoms with Gasteiger partial charge in [-0.25, -0.2) is 4.79 Å². The molecule has 0 radical (unpaired) electrons. The summed E-state index contributed by atoms with van der Waals surface area (Å²) in [6, 6.07) is 5.34. The van der Waals surface area contributed by atoms with Gasteiger partial charge in [0.1, 0.15) is 21.3 Å². The van der Waals surface area contributed by atoms with Gasteiger partial charge in [0.05, 0.1) is 25.7 Å². The van der Waals surface area contributed by atoms with Crippen LogP contribution in [0.3, 0.4) is 0 Å². The summed E-state index contributed by atoms with van der Waals surface area (Å²) in [5.74, 6) is -2.88. The van der Waals surface area contributed by atoms with Crippen LogP contribution in [0.2, 0.25) is 20.1 Å². The van der Waals surface area contributed by atoms with E-state index < -0.39 is 68.7 Å². The standard InChI is InChI=1S/C20H10Cl4O10S2/c21-15-13-14(16(22)18(24)17(15)23)20(34-19(13)27,7-1-3-9(25)11(5-7)35(28,29)30)8-2-4-10(26)12(6-8)36(31,32)33/h1-6,25-26H,(H,28,29,30)(H,31,32,33). The third kappa shape index (κ3) is 3.98. The number of aromatic hydroxyl groups is 2. The van der Waals surface area contributed by atoms with Crippen molar-refractivity contribution >= 4 is 72.6 Å². The predicted molar refractivity (Wildman–Crippen MR) is 128 cm³/mol. The molecule has 10 nitrogen and oxygen atoms in total. The number of carbonyl (C=O) groups is 1. The lowest BCUT2D eigenvalue weighted by atomic mass is 9.79. The van der Waals surface area contributed by atoms with E-state index in [1.54, 1.807) is 0 Å². The van der Waals surface area contributed by atoms with E-state index in [2.05, 4.69) is 0 Å². The van der Waals surface area contributed by atoms with Gasteiger partial charge in [-0.15, -0.1) is 0 Å². The van der Waals surface area contributed by atoms with Crippen LogP contribution in [0.4, 0.5) is 0 Å². The Morgan fingerprint density at radius 3 is 1.53 bits per heavy atom. The summed E-state index contributed by atoms with van der Waals surface area (Å²) in [6.07, 6.45) is 0. The zero-order chi connectivity index (χ0) is 27.0. The number of phenols is 2. The summed E-state index contributed by atoms with van der Waals surface area (Å²) < 4.78 is 72.3. The van der Waals surface area contributed by atoms with E-state index in [-0.39, 0.29) is 26.7 Å². The first kappa shape index (κ1) is 26.8. The average molecular weight is 616 g/mol. The van der Waals surface area contributed by atoms with E-state index in [9.17, 15) is 40.9 Å². The minimum Gasteiger partial charge on any atom is -0.506 e. The van der Waals surface area contributed by atoms with Gasteiger partial charge in [0.15, 0.2) is 5.60 Å². The zero-order valence-electron chi connectivity index (χ0n) is 17.0. The van der Waals surface area contributed by atoms with Crippen molar-refractivity contribution in [2.24, 2.45) is 0 Å². The third-order valence-corrected chi connectivity index (χ3v) is 8.93. The first-order valence-corrected chi connectivity index (χ1v) is 13.6. The van der Waals surface area contributed by atoms with Crippen molar-refractivity contribution < 1.29 is 45.7 Å². The molecule has 16 heteroatoms. The van der Waals surface area contributed by atoms with Gasteiger partial charge in [0, 0.05) is 16.7 Å². The Labute approximate surface area is 223 Å². The molecule has 36 heavy (non-hydrogen) atoms. The Morgan fingerprint density at radius 2 is 1.11 bits per heavy atom. The number of rotatable bonds is 4. The molecule has 4 rings (SSSR count). The molecule has 1 aliphatic rings. The Kier molecular flexibility index (Phi) is 6.42. The summed E-state index contributed by atoms with van der Waals surface area (Å²) in [5, 5.41) is 18.6. The molecule has 1 aliphatic heterocycles. The van der Waals surface area contributed by atoms with Gasteiger partial charge in [-0.05, 0) is 24.3 Å². The predicted octanol–water partition coefficient (Wildman–Crippen LogP) is 4.67. The highest BCUT2D eigenvalue weighted by Gasteiger charge is 2.53. The molecule has 0 fully saturated rings. The van der Waals surface area contributed by atoms with E-state index in [1.165, 1.54) is 0 Å². The van der Waals surface area contributed by atoms with Crippen molar-refractivity contribution in [2.45, 2.75) is 15.4 Å². The van der Waals surface area contributed by atoms with Crippen molar-refractivity contribution in [2.75, 3.05) is 0 Å². The van der Waals surface area contributed by atoms with Gasteiger partial charge in [-0.3, -0.25) is 9.11 Å². The van der Waals surface area contributed by atoms with Crippen LogP contribution in [0.25, 0.3) is 0 Å². The van der Waals surface area contributed by atoms with E-state index in [4.69, 9.17) is 51.1 Å². The number of carbonyl (C=O) groups excluding carboxylic acids is 1. The minimum atomic E-state index is -5.03. The molecule has 0 aliphatic carbocycles. The van der Waals surface area contributed by atoms with Crippen molar-refractivity contribution in [1.82, 2.24) is 0 Å². The summed E-state index contributed by atoms with van der Waals surface area (Å²) >= 11 is 25.0. The summed E-state index contributed by atoms with van der Waals surface area (Å²) in [6.45, 7) is 0. The molecule has 0 unspecified atom stereocenters. The third-order valence-electron chi connectivity index (χ3n) is 5.36. The van der Waals surface area contributed by atoms with Crippen LogP contribution in [0.5, 0.6) is 11.5 Å². The number of halogens is 4. The topological polar surface area (TPSA) is 176 Å². The molecular formula is C20H10Cl4O10S2. The van der Waals surface area contributed by atoms with E-state index in [1.807, 2.05) is 0 Å². The second-order valence-corrected chi connectivity index (χ2v) is 11.7. The number of esters is 1. The van der Waals surface area contributed by atoms with Gasteiger partial charge < -0.3 is 14.9 Å². The van der Waals surface area contributed by atoms with Crippen molar-refractivity contribution in [1.29, 1.82) is 0 Å². The fraction of sp³-hybridized carbons (Fsp3) is 0.0500. The SMILES string of the molecule is O=C1OC(c2ccc(O)c(S(=O)(=O)O)c2)(c2ccc(O)c(S(=O)(=O)O)c2)c2c(Cl)c(Cl)c(Cl)c(Cl)c21. The fourth-order valence-electron chi connectivity index (χ4n) is 3.85. The molecule has 4 N–H and O–H groups in total. The largest absolute Gasteiger partial charge is 0.506 e. The van der Waals surface area contributed by atoms with Gasteiger partial charge in [-0.1, -0.05) is 58.5 Å². The molecule has 3 aromatic carbocycles. The Balaban J connectivity index is 2.25. The number of hydrogen-bond donors (Lipinski definition) is 4. The number of ether oxygens (including phenoxy) is 1. The van der Waals surface area contributed by atoms with E-state index in [0.717, 1.165) is 36.4 Å². The number of fused-ring (bicyclic) bond motifs is 1. The maximum absolute atomic E-state index is 13.1. The number of benzene rings is 3. The van der Waals surface area contributed by atoms with Crippen LogP contribution in [0.15, 0.2) is 46.2 Å². The maximum atomic E-state index is 13.1. The lowest BCUT2D eigenvalue weighted by Crippen LogP contribution is -2.30. The number of hydrogen-bond acceptors (Lipinski definition) is 8. The number of phenolic OH excluding ortho intramolecular Hbond substituents is 2. The van der Waals surface area contributed by atoms with Crippen LogP contribution >= 0.6 is 46.4 Å². The van der Waals surface area contributed by atoms with Crippen LogP contribution in [0.1, 0.15) is 27.0 Å². The normalized spacial score (nSPS) is 15.0. The fourth-order valence-corrected chi connectivity index (χ4v) is 6.13. The molecule has 0 atom stereocenters. The van der Waals surface area contributed by atoms with Crippen LogP contribution in [0, 0.1) is 0 Å². The summed E-state index contributed by atoms with van der Waals surface area (Å²) in [5.41, 5.74) is -3.61. The van der Waals surface area contributed by atoms with E-state index >= 15 is 0 Å². The van der Waals surface area contributed by atoms with Crippen molar-refractivity contribution in [3.8, 4) is 11.5 Å². The Hall–Kier alpha value is -2.29. The first-order valence-electron chi connectivity index (χ1n) is 9.23. The highest BCUT2D eigenvalue weighted by molar-refractivity contribution is 7.86. The molecule has 0 bridgehead atoms. The monoisotopic (exact) mass is 614 g/mol. The average Bonchev–Trinajstić information content (AvgIpc) is 3.09. The van der Waals surface area contributed by atoms with Gasteiger partial charge in [0.25, 0.3) is 20.2 Å². The molecule has 0 aromatic heterocycles. The Bertz CT molecular complexity index is 1620. The second-order valence-electron chi connectivity index (χ2n) is 7.39. The minimum absolute atomic E-state index is 0.289. The molecule has 0 spiro atoms. The van der Waals surface area contributed by atoms with Crippen LogP contribution in [-0.4, -0.2) is 42.1 Å². The van der Waals surface area contributed by atoms with Gasteiger partial charge in [0.2, 0.25) is 0 Å². The molecular weight excluding hydrogens is 606 g/mol. The van der Waals surface area contributed by atoms with Gasteiger partial charge in [-0.2, -0.15) is 16.8 Å². The van der Waals surface area contributed by atoms with Crippen LogP contribution in [-0.2, 0) is 30.6 Å². The zero-order valence-corrected chi connectivity index (χ0v) is 21.7. The molecule has 0 saturated heterocycles. The summed E-state index contributed by atoms with van der Waals surface area (Å²) in [7, 11) is -10.1. The molecule has 0 amide bonds. The quantitative estimate of drug-likeness (QED) is 0.140. The first-order chi connectivity index (χ1) is 16.5. The van der Waals surface area contributed by atoms with Crippen LogP contribution < -0.4 is 0 Å². The second kappa shape index (κ2) is 8.64. The van der Waals surface area contributed by atoms with E-state index in [0.29, 0.717) is 0 Å². The summed E-state index contributed by atoms with van der Waals surface area (Å²) in [4.78, 5) is 11.1. The highest BCUT2D eigenvalue weighted by atomic mass is 35.5.